The van der Waals surface area contributed by atoms with Gasteiger partial charge in [0.15, 0.2) is 0 Å². The smallest absolute Gasteiger partial charge is 0.236 e. The highest BCUT2D eigenvalue weighted by molar-refractivity contribution is 5.79. The minimum atomic E-state index is 0.291. The summed E-state index contributed by atoms with van der Waals surface area (Å²) in [5.41, 5.74) is 0.440. The van der Waals surface area contributed by atoms with Crippen molar-refractivity contribution in [1.82, 2.24) is 10.2 Å². The molecule has 0 bridgehead atoms. The average molecular weight is 196 g/mol. The van der Waals surface area contributed by atoms with E-state index < -0.39 is 0 Å². The third-order valence-corrected chi connectivity index (χ3v) is 3.51. The Kier molecular flexibility index (Phi) is 2.52. The van der Waals surface area contributed by atoms with Crippen LogP contribution < -0.4 is 5.32 Å². The molecule has 1 atom stereocenters. The molecule has 0 aromatic heterocycles. The fourth-order valence-electron chi connectivity index (χ4n) is 2.67. The lowest BCUT2D eigenvalue weighted by molar-refractivity contribution is -0.134. The first-order chi connectivity index (χ1) is 6.58. The number of nitrogens with zero attached hydrogens (tertiary/aromatic N) is 1. The average Bonchev–Trinajstić information content (AvgIpc) is 2.47. The Labute approximate surface area is 85.8 Å². The zero-order chi connectivity index (χ0) is 10.2. The van der Waals surface area contributed by atoms with Gasteiger partial charge in [-0.15, -0.1) is 0 Å². The fraction of sp³-hybridized carbons (Fsp3) is 0.909. The summed E-state index contributed by atoms with van der Waals surface area (Å²) >= 11 is 0. The van der Waals surface area contributed by atoms with Crippen LogP contribution in [-0.4, -0.2) is 36.5 Å². The summed E-state index contributed by atoms with van der Waals surface area (Å²) in [6.07, 6.45) is 3.63. The van der Waals surface area contributed by atoms with Gasteiger partial charge in [0.2, 0.25) is 5.91 Å². The van der Waals surface area contributed by atoms with E-state index in [2.05, 4.69) is 24.1 Å². The molecular weight excluding hydrogens is 176 g/mol. The molecule has 3 nitrogen and oxygen atoms in total. The van der Waals surface area contributed by atoms with E-state index in [9.17, 15) is 4.79 Å². The number of amides is 1. The standard InChI is InChI=1S/C11H20N2O/c1-11(2)4-3-9(7-11)13-6-5-12-8-10(13)14/h9,12H,3-8H2,1-2H3. The third-order valence-electron chi connectivity index (χ3n) is 3.51. The van der Waals surface area contributed by atoms with Gasteiger partial charge in [-0.2, -0.15) is 0 Å². The normalized spacial score (nSPS) is 32.3. The molecule has 0 radical (unpaired) electrons. The maximum Gasteiger partial charge on any atom is 0.236 e. The number of piperazine rings is 1. The topological polar surface area (TPSA) is 32.3 Å². The molecule has 1 saturated heterocycles. The van der Waals surface area contributed by atoms with E-state index in [-0.39, 0.29) is 0 Å². The van der Waals surface area contributed by atoms with Gasteiger partial charge in [-0.05, 0) is 24.7 Å². The zero-order valence-corrected chi connectivity index (χ0v) is 9.18. The number of hydrogen-bond donors (Lipinski definition) is 1. The quantitative estimate of drug-likeness (QED) is 0.678. The Morgan fingerprint density at radius 2 is 2.29 bits per heavy atom. The van der Waals surface area contributed by atoms with Gasteiger partial charge in [0.25, 0.3) is 0 Å². The Balaban J connectivity index is 1.98. The van der Waals surface area contributed by atoms with Crippen molar-refractivity contribution in [2.75, 3.05) is 19.6 Å². The Morgan fingerprint density at radius 3 is 2.86 bits per heavy atom. The van der Waals surface area contributed by atoms with Crippen molar-refractivity contribution in [3.8, 4) is 0 Å². The summed E-state index contributed by atoms with van der Waals surface area (Å²) in [6, 6.07) is 0.514. The molecule has 2 rings (SSSR count). The summed E-state index contributed by atoms with van der Waals surface area (Å²) < 4.78 is 0. The van der Waals surface area contributed by atoms with E-state index in [1.54, 1.807) is 0 Å². The first kappa shape index (κ1) is 9.97. The molecule has 1 N–H and O–H groups in total. The summed E-state index contributed by atoms with van der Waals surface area (Å²) in [5, 5.41) is 3.12. The molecule has 80 valence electrons. The first-order valence-electron chi connectivity index (χ1n) is 5.59. The summed E-state index contributed by atoms with van der Waals surface area (Å²) in [7, 11) is 0. The van der Waals surface area contributed by atoms with Gasteiger partial charge in [0, 0.05) is 19.1 Å². The van der Waals surface area contributed by atoms with Crippen LogP contribution >= 0.6 is 0 Å². The van der Waals surface area contributed by atoms with Crippen molar-refractivity contribution in [2.24, 2.45) is 5.41 Å². The third kappa shape index (κ3) is 1.92. The van der Waals surface area contributed by atoms with Gasteiger partial charge in [-0.25, -0.2) is 0 Å². The van der Waals surface area contributed by atoms with Crippen LogP contribution in [0, 0.1) is 5.41 Å². The van der Waals surface area contributed by atoms with Crippen LogP contribution in [0.2, 0.25) is 0 Å². The van der Waals surface area contributed by atoms with E-state index in [1.807, 2.05) is 0 Å². The van der Waals surface area contributed by atoms with Crippen molar-refractivity contribution in [2.45, 2.75) is 39.2 Å². The van der Waals surface area contributed by atoms with Crippen molar-refractivity contribution < 1.29 is 4.79 Å². The fourth-order valence-corrected chi connectivity index (χ4v) is 2.67. The molecule has 1 saturated carbocycles. The lowest BCUT2D eigenvalue weighted by atomic mass is 9.91. The Bertz CT molecular complexity index is 237. The van der Waals surface area contributed by atoms with Crippen LogP contribution in [0.5, 0.6) is 0 Å². The number of carbonyl (C=O) groups excluding carboxylic acids is 1. The molecule has 0 spiro atoms. The minimum Gasteiger partial charge on any atom is -0.337 e. The molecule has 1 aliphatic heterocycles. The van der Waals surface area contributed by atoms with E-state index in [1.165, 1.54) is 19.3 Å². The molecule has 1 heterocycles. The lowest BCUT2D eigenvalue weighted by Crippen LogP contribution is -2.51. The van der Waals surface area contributed by atoms with Gasteiger partial charge in [-0.1, -0.05) is 13.8 Å². The van der Waals surface area contributed by atoms with Crippen molar-refractivity contribution in [3.63, 3.8) is 0 Å². The molecule has 3 heteroatoms. The molecule has 14 heavy (non-hydrogen) atoms. The number of nitrogens with one attached hydrogen (secondary N) is 1. The lowest BCUT2D eigenvalue weighted by Gasteiger charge is -2.33. The summed E-state index contributed by atoms with van der Waals surface area (Å²) in [4.78, 5) is 13.7. The summed E-state index contributed by atoms with van der Waals surface area (Å²) in [5.74, 6) is 0.291. The van der Waals surface area contributed by atoms with Crippen LogP contribution in [0.1, 0.15) is 33.1 Å². The molecule has 2 aliphatic rings. The van der Waals surface area contributed by atoms with Gasteiger partial charge in [0.1, 0.15) is 0 Å². The predicted octanol–water partition coefficient (Wildman–Crippen LogP) is 0.997. The Hall–Kier alpha value is -0.570. The van der Waals surface area contributed by atoms with Crippen LogP contribution in [0.15, 0.2) is 0 Å². The SMILES string of the molecule is CC1(C)CCC(N2CCNCC2=O)C1. The zero-order valence-electron chi connectivity index (χ0n) is 9.18. The molecule has 1 amide bonds. The monoisotopic (exact) mass is 196 g/mol. The molecule has 0 aromatic carbocycles. The number of hydrogen-bond acceptors (Lipinski definition) is 2. The van der Waals surface area contributed by atoms with E-state index in [0.717, 1.165) is 13.1 Å². The van der Waals surface area contributed by atoms with E-state index >= 15 is 0 Å². The first-order valence-corrected chi connectivity index (χ1v) is 5.59. The second-order valence-electron chi connectivity index (χ2n) is 5.32. The van der Waals surface area contributed by atoms with Crippen molar-refractivity contribution >= 4 is 5.91 Å². The largest absolute Gasteiger partial charge is 0.337 e. The molecule has 0 aromatic rings. The van der Waals surface area contributed by atoms with E-state index in [4.69, 9.17) is 0 Å². The number of carbonyl (C=O) groups is 1. The van der Waals surface area contributed by atoms with Gasteiger partial charge in [-0.3, -0.25) is 4.79 Å². The maximum atomic E-state index is 11.7. The van der Waals surface area contributed by atoms with Crippen molar-refractivity contribution in [1.29, 1.82) is 0 Å². The van der Waals surface area contributed by atoms with Gasteiger partial charge < -0.3 is 10.2 Å². The van der Waals surface area contributed by atoms with Crippen LogP contribution in [0.3, 0.4) is 0 Å². The van der Waals surface area contributed by atoms with Crippen molar-refractivity contribution in [3.05, 3.63) is 0 Å². The highest BCUT2D eigenvalue weighted by atomic mass is 16.2. The second kappa shape index (κ2) is 3.54. The van der Waals surface area contributed by atoms with Crippen LogP contribution in [0.4, 0.5) is 0 Å². The van der Waals surface area contributed by atoms with Crippen LogP contribution in [-0.2, 0) is 4.79 Å². The maximum absolute atomic E-state index is 11.7. The Morgan fingerprint density at radius 1 is 1.50 bits per heavy atom. The highest BCUT2D eigenvalue weighted by Crippen LogP contribution is 2.39. The molecule has 2 fully saturated rings. The number of rotatable bonds is 1. The van der Waals surface area contributed by atoms with Gasteiger partial charge in [0.05, 0.1) is 6.54 Å². The minimum absolute atomic E-state index is 0.291. The summed E-state index contributed by atoms with van der Waals surface area (Å²) in [6.45, 7) is 7.01. The van der Waals surface area contributed by atoms with E-state index in [0.29, 0.717) is 23.9 Å². The van der Waals surface area contributed by atoms with Crippen LogP contribution in [0.25, 0.3) is 0 Å². The van der Waals surface area contributed by atoms with Gasteiger partial charge >= 0.3 is 0 Å². The molecule has 1 aliphatic carbocycles. The highest BCUT2D eigenvalue weighted by Gasteiger charge is 2.36. The second-order valence-corrected chi connectivity index (χ2v) is 5.32. The molecular formula is C11H20N2O. The molecule has 1 unspecified atom stereocenters. The predicted molar refractivity (Wildman–Crippen MR) is 56.0 cm³/mol.